The highest BCUT2D eigenvalue weighted by molar-refractivity contribution is 7.84. The molecule has 0 aliphatic rings. The van der Waals surface area contributed by atoms with Crippen molar-refractivity contribution in [3.63, 3.8) is 0 Å². The Morgan fingerprint density at radius 2 is 2.11 bits per heavy atom. The number of aromatic nitrogens is 1. The Kier molecular flexibility index (Phi) is 4.53. The van der Waals surface area contributed by atoms with E-state index >= 15 is 0 Å². The van der Waals surface area contributed by atoms with Gasteiger partial charge in [-0.25, -0.2) is 0 Å². The highest BCUT2D eigenvalue weighted by Crippen LogP contribution is 2.23. The number of pyridine rings is 1. The summed E-state index contributed by atoms with van der Waals surface area (Å²) in [6.07, 6.45) is 2.75. The Hall–Kier alpha value is -1.42. The van der Waals surface area contributed by atoms with Crippen LogP contribution in [0.1, 0.15) is 25.8 Å². The highest BCUT2D eigenvalue weighted by atomic mass is 32.2. The van der Waals surface area contributed by atoms with Gasteiger partial charge in [0.1, 0.15) is 0 Å². The topological polar surface area (TPSA) is 56.0 Å². The minimum Gasteiger partial charge on any atom is -0.398 e. The third kappa shape index (κ3) is 3.53. The normalized spacial score (nSPS) is 13.0. The lowest BCUT2D eigenvalue weighted by Gasteiger charge is -2.09. The van der Waals surface area contributed by atoms with E-state index in [9.17, 15) is 4.21 Å². The van der Waals surface area contributed by atoms with Crippen LogP contribution in [0.15, 0.2) is 30.5 Å². The number of hydrogen-bond donors (Lipinski definition) is 1. The first-order valence-electron chi connectivity index (χ1n) is 6.55. The van der Waals surface area contributed by atoms with E-state index in [-0.39, 0.29) is 0 Å². The summed E-state index contributed by atoms with van der Waals surface area (Å²) < 4.78 is 12.1. The van der Waals surface area contributed by atoms with Crippen LogP contribution in [0.5, 0.6) is 0 Å². The van der Waals surface area contributed by atoms with Crippen LogP contribution in [-0.2, 0) is 16.6 Å². The molecule has 0 aliphatic carbocycles. The van der Waals surface area contributed by atoms with Gasteiger partial charge in [0.05, 0.1) is 11.3 Å². The molecule has 1 aromatic heterocycles. The molecule has 1 heterocycles. The second-order valence-electron chi connectivity index (χ2n) is 5.18. The molecule has 2 aromatic rings. The average Bonchev–Trinajstić information content (AvgIpc) is 2.40. The molecule has 0 aliphatic heterocycles. The zero-order chi connectivity index (χ0) is 13.8. The SMILES string of the molecule is CC(C)CCS(=O)Cc1ccc(N)c2cccnc12. The summed E-state index contributed by atoms with van der Waals surface area (Å²) in [4.78, 5) is 4.38. The van der Waals surface area contributed by atoms with Crippen molar-refractivity contribution in [1.82, 2.24) is 4.98 Å². The van der Waals surface area contributed by atoms with Crippen molar-refractivity contribution in [3.05, 3.63) is 36.0 Å². The standard InChI is InChI=1S/C15H20N2OS/c1-11(2)7-9-19(18)10-12-5-6-14(16)13-4-3-8-17-15(12)13/h3-6,8,11H,7,9-10,16H2,1-2H3. The fourth-order valence-corrected chi connectivity index (χ4v) is 3.44. The summed E-state index contributed by atoms with van der Waals surface area (Å²) in [5.41, 5.74) is 8.56. The number of fused-ring (bicyclic) bond motifs is 1. The number of hydrogen-bond acceptors (Lipinski definition) is 3. The molecule has 0 radical (unpaired) electrons. The molecule has 0 saturated heterocycles. The third-order valence-electron chi connectivity index (χ3n) is 3.13. The van der Waals surface area contributed by atoms with Crippen LogP contribution >= 0.6 is 0 Å². The van der Waals surface area contributed by atoms with E-state index in [1.165, 1.54) is 0 Å². The maximum Gasteiger partial charge on any atom is 0.0763 e. The van der Waals surface area contributed by atoms with E-state index in [0.29, 0.717) is 11.7 Å². The number of anilines is 1. The van der Waals surface area contributed by atoms with Crippen LogP contribution in [0.3, 0.4) is 0 Å². The molecule has 0 bridgehead atoms. The lowest BCUT2D eigenvalue weighted by atomic mass is 10.1. The first-order chi connectivity index (χ1) is 9.08. The van der Waals surface area contributed by atoms with Crippen molar-refractivity contribution in [2.24, 2.45) is 5.92 Å². The van der Waals surface area contributed by atoms with Gasteiger partial charge in [0.25, 0.3) is 0 Å². The molecule has 102 valence electrons. The highest BCUT2D eigenvalue weighted by Gasteiger charge is 2.09. The van der Waals surface area contributed by atoms with Crippen molar-refractivity contribution < 1.29 is 4.21 Å². The lowest BCUT2D eigenvalue weighted by molar-refractivity contribution is 0.619. The van der Waals surface area contributed by atoms with Gasteiger partial charge >= 0.3 is 0 Å². The summed E-state index contributed by atoms with van der Waals surface area (Å²) in [6, 6.07) is 7.65. The smallest absolute Gasteiger partial charge is 0.0763 e. The van der Waals surface area contributed by atoms with Gasteiger partial charge in [-0.3, -0.25) is 9.19 Å². The summed E-state index contributed by atoms with van der Waals surface area (Å²) in [5.74, 6) is 1.89. The summed E-state index contributed by atoms with van der Waals surface area (Å²) >= 11 is 0. The molecular formula is C15H20N2OS. The average molecular weight is 276 g/mol. The van der Waals surface area contributed by atoms with Crippen molar-refractivity contribution in [2.45, 2.75) is 26.0 Å². The predicted molar refractivity (Wildman–Crippen MR) is 82.3 cm³/mol. The molecule has 1 unspecified atom stereocenters. The van der Waals surface area contributed by atoms with Crippen LogP contribution in [0.2, 0.25) is 0 Å². The lowest BCUT2D eigenvalue weighted by Crippen LogP contribution is -2.05. The summed E-state index contributed by atoms with van der Waals surface area (Å²) in [5, 5.41) is 0.945. The van der Waals surface area contributed by atoms with Crippen LogP contribution in [0.4, 0.5) is 5.69 Å². The first kappa shape index (κ1) is 14.0. The molecule has 1 atom stereocenters. The second kappa shape index (κ2) is 6.15. The molecule has 19 heavy (non-hydrogen) atoms. The first-order valence-corrected chi connectivity index (χ1v) is 8.04. The molecule has 3 nitrogen and oxygen atoms in total. The minimum atomic E-state index is -0.835. The van der Waals surface area contributed by atoms with E-state index in [0.717, 1.165) is 34.3 Å². The Morgan fingerprint density at radius 3 is 2.84 bits per heavy atom. The quantitative estimate of drug-likeness (QED) is 0.854. The molecule has 0 spiro atoms. The van der Waals surface area contributed by atoms with Gasteiger partial charge in [0.15, 0.2) is 0 Å². The molecule has 0 fully saturated rings. The Balaban J connectivity index is 2.21. The zero-order valence-electron chi connectivity index (χ0n) is 11.4. The maximum absolute atomic E-state index is 12.1. The van der Waals surface area contributed by atoms with Crippen molar-refractivity contribution in [1.29, 1.82) is 0 Å². The van der Waals surface area contributed by atoms with Crippen molar-refractivity contribution in [2.75, 3.05) is 11.5 Å². The number of nitrogens with zero attached hydrogens (tertiary/aromatic N) is 1. The summed E-state index contributed by atoms with van der Waals surface area (Å²) in [7, 11) is -0.835. The monoisotopic (exact) mass is 276 g/mol. The van der Waals surface area contributed by atoms with Gasteiger partial charge in [-0.1, -0.05) is 19.9 Å². The minimum absolute atomic E-state index is 0.556. The molecule has 1 aromatic carbocycles. The van der Waals surface area contributed by atoms with Gasteiger partial charge in [-0.2, -0.15) is 0 Å². The zero-order valence-corrected chi connectivity index (χ0v) is 12.2. The largest absolute Gasteiger partial charge is 0.398 e. The van der Waals surface area contributed by atoms with Crippen molar-refractivity contribution >= 4 is 27.4 Å². The Morgan fingerprint density at radius 1 is 1.32 bits per heavy atom. The molecule has 0 saturated carbocycles. The van der Waals surface area contributed by atoms with E-state index in [1.807, 2.05) is 24.3 Å². The van der Waals surface area contributed by atoms with Crippen LogP contribution < -0.4 is 5.73 Å². The molecule has 2 rings (SSSR count). The number of benzene rings is 1. The number of nitrogen functional groups attached to an aromatic ring is 1. The van der Waals surface area contributed by atoms with Crippen LogP contribution in [0.25, 0.3) is 10.9 Å². The predicted octanol–water partition coefficient (Wildman–Crippen LogP) is 3.11. The molecule has 4 heteroatoms. The fourth-order valence-electron chi connectivity index (χ4n) is 1.98. The van der Waals surface area contributed by atoms with Gasteiger partial charge in [0, 0.05) is 33.8 Å². The van der Waals surface area contributed by atoms with Crippen molar-refractivity contribution in [3.8, 4) is 0 Å². The summed E-state index contributed by atoms with van der Waals surface area (Å²) in [6.45, 7) is 4.30. The van der Waals surface area contributed by atoms with E-state index in [2.05, 4.69) is 18.8 Å². The number of nitrogens with two attached hydrogens (primary N) is 1. The third-order valence-corrected chi connectivity index (χ3v) is 4.45. The van der Waals surface area contributed by atoms with Crippen LogP contribution in [-0.4, -0.2) is 14.9 Å². The second-order valence-corrected chi connectivity index (χ2v) is 6.76. The van der Waals surface area contributed by atoms with E-state index < -0.39 is 10.8 Å². The molecule has 0 amide bonds. The fraction of sp³-hybridized carbons (Fsp3) is 0.400. The Labute approximate surface area is 116 Å². The van der Waals surface area contributed by atoms with Crippen LogP contribution in [0, 0.1) is 5.92 Å². The molecule has 2 N–H and O–H groups in total. The van der Waals surface area contributed by atoms with Gasteiger partial charge in [-0.15, -0.1) is 0 Å². The van der Waals surface area contributed by atoms with E-state index in [4.69, 9.17) is 5.73 Å². The maximum atomic E-state index is 12.1. The van der Waals surface area contributed by atoms with Gasteiger partial charge in [-0.05, 0) is 36.1 Å². The van der Waals surface area contributed by atoms with Gasteiger partial charge in [0.2, 0.25) is 0 Å². The van der Waals surface area contributed by atoms with Gasteiger partial charge < -0.3 is 5.73 Å². The van der Waals surface area contributed by atoms with E-state index in [1.54, 1.807) is 6.20 Å². The molecular weight excluding hydrogens is 256 g/mol. The Bertz CT molecular complexity index is 596. The number of rotatable bonds is 5.